The van der Waals surface area contributed by atoms with E-state index in [0.717, 1.165) is 23.1 Å². The third kappa shape index (κ3) is 3.01. The van der Waals surface area contributed by atoms with E-state index in [1.54, 1.807) is 12.3 Å². The van der Waals surface area contributed by atoms with E-state index in [4.69, 9.17) is 16.3 Å². The van der Waals surface area contributed by atoms with Gasteiger partial charge in [0, 0.05) is 16.7 Å². The summed E-state index contributed by atoms with van der Waals surface area (Å²) in [6, 6.07) is 8.56. The molecule has 1 unspecified atom stereocenters. The molecule has 0 saturated heterocycles. The fraction of sp³-hybridized carbons (Fsp3) is 0.188. The molecule has 0 bridgehead atoms. The Kier molecular flexibility index (Phi) is 3.87. The molecule has 2 aromatic rings. The first-order valence-electron chi connectivity index (χ1n) is 7.20. The molecule has 0 saturated carbocycles. The second-order valence-corrected chi connectivity index (χ2v) is 6.82. The van der Waals surface area contributed by atoms with Crippen LogP contribution in [0.5, 0.6) is 0 Å². The van der Waals surface area contributed by atoms with Crippen molar-refractivity contribution in [1.29, 1.82) is 0 Å². The second-order valence-electron chi connectivity index (χ2n) is 5.49. The number of aromatic nitrogens is 1. The molecule has 2 aliphatic rings. The van der Waals surface area contributed by atoms with Crippen molar-refractivity contribution < 1.29 is 4.74 Å². The van der Waals surface area contributed by atoms with Crippen molar-refractivity contribution in [3.05, 3.63) is 63.4 Å². The number of ether oxygens (including phenoxy) is 1. The van der Waals surface area contributed by atoms with E-state index in [0.29, 0.717) is 22.5 Å². The smallest absolute Gasteiger partial charge is 0.244 e. The number of halogens is 2. The molecule has 7 heteroatoms. The first-order valence-corrected chi connectivity index (χ1v) is 8.37. The van der Waals surface area contributed by atoms with E-state index in [-0.39, 0.29) is 0 Å². The van der Waals surface area contributed by atoms with Crippen LogP contribution in [0, 0.1) is 6.73 Å². The van der Waals surface area contributed by atoms with Gasteiger partial charge in [-0.25, -0.2) is 4.98 Å². The summed E-state index contributed by atoms with van der Waals surface area (Å²) in [6.07, 6.45) is 3.63. The molecule has 2 N–H and O–H groups in total. The van der Waals surface area contributed by atoms with Crippen LogP contribution in [0.4, 0.5) is 5.82 Å². The molecule has 1 aromatic carbocycles. The van der Waals surface area contributed by atoms with Crippen molar-refractivity contribution in [3.63, 3.8) is 0 Å². The predicted molar refractivity (Wildman–Crippen MR) is 93.3 cm³/mol. The lowest BCUT2D eigenvalue weighted by atomic mass is 10.1. The molecule has 1 aliphatic heterocycles. The number of anilines is 1. The van der Waals surface area contributed by atoms with Gasteiger partial charge in [-0.3, -0.25) is 5.43 Å². The molecule has 2 heterocycles. The first-order chi connectivity index (χ1) is 11.2. The lowest BCUT2D eigenvalue weighted by molar-refractivity contribution is 0.403. The Hall–Kier alpha value is -1.79. The number of hydrogen-bond acceptors (Lipinski definition) is 5. The van der Waals surface area contributed by atoms with Crippen molar-refractivity contribution in [2.24, 2.45) is 5.10 Å². The zero-order chi connectivity index (χ0) is 15.8. The van der Waals surface area contributed by atoms with Crippen molar-refractivity contribution in [2.75, 3.05) is 5.32 Å². The lowest BCUT2D eigenvalue weighted by Crippen LogP contribution is -2.20. The minimum absolute atomic E-state index is 0.323. The highest BCUT2D eigenvalue weighted by molar-refractivity contribution is 9.10. The van der Waals surface area contributed by atoms with Crippen LogP contribution in [-0.2, 0) is 17.6 Å². The highest BCUT2D eigenvalue weighted by Crippen LogP contribution is 2.28. The second kappa shape index (κ2) is 6.02. The van der Waals surface area contributed by atoms with Gasteiger partial charge in [-0.05, 0) is 42.2 Å². The molecule has 1 atom stereocenters. The van der Waals surface area contributed by atoms with Crippen LogP contribution < -0.4 is 10.7 Å². The van der Waals surface area contributed by atoms with Gasteiger partial charge in [-0.1, -0.05) is 33.6 Å². The maximum absolute atomic E-state index is 6.32. The van der Waals surface area contributed by atoms with Crippen LogP contribution >= 0.6 is 27.5 Å². The normalized spacial score (nSPS) is 18.9. The van der Waals surface area contributed by atoms with Gasteiger partial charge < -0.3 is 10.1 Å². The number of fused-ring (bicyclic) bond motifs is 1. The summed E-state index contributed by atoms with van der Waals surface area (Å²) in [6.45, 7) is 1.39. The molecular weight excluding hydrogens is 380 g/mol. The molecule has 1 aliphatic carbocycles. The molecule has 0 amide bonds. The molecule has 1 aromatic heterocycles. The van der Waals surface area contributed by atoms with Crippen LogP contribution in [0.3, 0.4) is 0 Å². The minimum atomic E-state index is 0.323. The Morgan fingerprint density at radius 2 is 2.13 bits per heavy atom. The summed E-state index contributed by atoms with van der Waals surface area (Å²) in [5.41, 5.74) is 6.03. The largest absolute Gasteiger partial charge is 0.444 e. The number of hydrogen-bond donors (Lipinski definition) is 2. The summed E-state index contributed by atoms with van der Waals surface area (Å²) in [7, 11) is 0. The third-order valence-electron chi connectivity index (χ3n) is 3.93. The van der Waals surface area contributed by atoms with Crippen LogP contribution in [0.25, 0.3) is 0 Å². The van der Waals surface area contributed by atoms with Gasteiger partial charge in [0.2, 0.25) is 12.6 Å². The first kappa shape index (κ1) is 14.8. The maximum Gasteiger partial charge on any atom is 0.244 e. The molecule has 23 heavy (non-hydrogen) atoms. The highest BCUT2D eigenvalue weighted by atomic mass is 79.9. The van der Waals surface area contributed by atoms with Crippen molar-refractivity contribution in [2.45, 2.75) is 18.9 Å². The SMILES string of the molecule is Clc1cc(NC2Cc3ccc(Br)cc3C2)ncc1C1=NN[CH]O1. The average Bonchev–Trinajstić information content (AvgIpc) is 3.16. The Balaban J connectivity index is 1.49. The summed E-state index contributed by atoms with van der Waals surface area (Å²) >= 11 is 9.84. The van der Waals surface area contributed by atoms with Gasteiger partial charge >= 0.3 is 0 Å². The summed E-state index contributed by atoms with van der Waals surface area (Å²) in [5.74, 6) is 1.18. The van der Waals surface area contributed by atoms with E-state index in [2.05, 4.69) is 55.0 Å². The van der Waals surface area contributed by atoms with E-state index in [9.17, 15) is 0 Å². The Morgan fingerprint density at radius 3 is 2.91 bits per heavy atom. The Labute approximate surface area is 147 Å². The summed E-state index contributed by atoms with van der Waals surface area (Å²) in [5, 5.41) is 7.98. The van der Waals surface area contributed by atoms with Crippen LogP contribution in [0.15, 0.2) is 40.0 Å². The molecule has 0 spiro atoms. The number of benzene rings is 1. The van der Waals surface area contributed by atoms with Gasteiger partial charge in [-0.15, -0.1) is 5.10 Å². The number of rotatable bonds is 3. The monoisotopic (exact) mass is 391 g/mol. The van der Waals surface area contributed by atoms with E-state index in [1.165, 1.54) is 17.9 Å². The molecule has 5 nitrogen and oxygen atoms in total. The third-order valence-corrected chi connectivity index (χ3v) is 4.73. The fourth-order valence-corrected chi connectivity index (χ4v) is 3.52. The Bertz CT molecular complexity index is 796. The molecule has 1 radical (unpaired) electrons. The summed E-state index contributed by atoms with van der Waals surface area (Å²) in [4.78, 5) is 4.42. The van der Waals surface area contributed by atoms with Gasteiger partial charge in [-0.2, -0.15) is 0 Å². The highest BCUT2D eigenvalue weighted by Gasteiger charge is 2.22. The number of nitrogens with zero attached hydrogens (tertiary/aromatic N) is 2. The topological polar surface area (TPSA) is 58.5 Å². The quantitative estimate of drug-likeness (QED) is 0.840. The Morgan fingerprint density at radius 1 is 1.26 bits per heavy atom. The molecule has 117 valence electrons. The fourth-order valence-electron chi connectivity index (χ4n) is 2.88. The van der Waals surface area contributed by atoms with Crippen LogP contribution in [0.2, 0.25) is 5.02 Å². The van der Waals surface area contributed by atoms with E-state index in [1.807, 2.05) is 0 Å². The summed E-state index contributed by atoms with van der Waals surface area (Å²) < 4.78 is 6.33. The van der Waals surface area contributed by atoms with Crippen molar-refractivity contribution in [3.8, 4) is 0 Å². The van der Waals surface area contributed by atoms with Crippen LogP contribution in [-0.4, -0.2) is 16.9 Å². The van der Waals surface area contributed by atoms with Gasteiger partial charge in [0.1, 0.15) is 5.82 Å². The average molecular weight is 393 g/mol. The van der Waals surface area contributed by atoms with Crippen LogP contribution in [0.1, 0.15) is 16.7 Å². The van der Waals surface area contributed by atoms with Crippen molar-refractivity contribution in [1.82, 2.24) is 10.4 Å². The maximum atomic E-state index is 6.32. The van der Waals surface area contributed by atoms with Gasteiger partial charge in [0.05, 0.1) is 10.6 Å². The standard InChI is InChI=1S/C16H13BrClN4O/c17-11-2-1-9-4-12(5-10(9)3-11)21-15-6-14(18)13(7-19-15)16-22-20-8-23-16/h1-3,6-8,12,20H,4-5H2,(H,19,21). The molecule has 4 rings (SSSR count). The zero-order valence-corrected chi connectivity index (χ0v) is 14.4. The van der Waals surface area contributed by atoms with Gasteiger partial charge in [0.25, 0.3) is 0 Å². The van der Waals surface area contributed by atoms with Crippen molar-refractivity contribution >= 4 is 39.2 Å². The van der Waals surface area contributed by atoms with E-state index >= 15 is 0 Å². The number of pyridine rings is 1. The predicted octanol–water partition coefficient (Wildman–Crippen LogP) is 3.48. The molecule has 0 fully saturated rings. The zero-order valence-electron chi connectivity index (χ0n) is 12.0. The molecular formula is C16H13BrClN4O. The van der Waals surface area contributed by atoms with Gasteiger partial charge in [0.15, 0.2) is 0 Å². The van der Waals surface area contributed by atoms with E-state index < -0.39 is 0 Å². The lowest BCUT2D eigenvalue weighted by Gasteiger charge is -2.13. The number of nitrogens with one attached hydrogen (secondary N) is 2. The minimum Gasteiger partial charge on any atom is -0.444 e. The number of hydrazone groups is 1.